The lowest BCUT2D eigenvalue weighted by molar-refractivity contribution is -0.120. The maximum Gasteiger partial charge on any atom is 0.274 e. The molecule has 0 aliphatic carbocycles. The van der Waals surface area contributed by atoms with Crippen molar-refractivity contribution in [2.75, 3.05) is 6.54 Å². The van der Waals surface area contributed by atoms with Crippen LogP contribution in [0.15, 0.2) is 53.3 Å². The molecule has 0 aliphatic rings. The van der Waals surface area contributed by atoms with E-state index in [1.807, 2.05) is 36.4 Å². The molecule has 0 fully saturated rings. The van der Waals surface area contributed by atoms with Gasteiger partial charge in [0.2, 0.25) is 5.91 Å². The zero-order valence-corrected chi connectivity index (χ0v) is 14.9. The number of carbonyl (C=O) groups is 1. The summed E-state index contributed by atoms with van der Waals surface area (Å²) in [5.74, 6) is 0.699. The van der Waals surface area contributed by atoms with Crippen molar-refractivity contribution in [3.05, 3.63) is 70.4 Å². The molecule has 2 aromatic heterocycles. The van der Waals surface area contributed by atoms with Crippen LogP contribution in [0.3, 0.4) is 0 Å². The Morgan fingerprint density at radius 3 is 2.67 bits per heavy atom. The first-order valence-electron chi connectivity index (χ1n) is 8.77. The normalized spacial score (nSPS) is 11.1. The van der Waals surface area contributed by atoms with Gasteiger partial charge in [-0.3, -0.25) is 9.59 Å². The molecule has 7 heteroatoms. The average Bonchev–Trinajstić information content (AvgIpc) is 3.08. The molecule has 0 saturated carbocycles. The number of hydrogen-bond acceptors (Lipinski definition) is 4. The van der Waals surface area contributed by atoms with Crippen LogP contribution in [0.5, 0.6) is 0 Å². The summed E-state index contributed by atoms with van der Waals surface area (Å²) in [6.45, 7) is 0.475. The molecule has 2 aromatic carbocycles. The molecule has 4 rings (SSSR count). The van der Waals surface area contributed by atoms with E-state index >= 15 is 0 Å². The molecule has 0 spiro atoms. The predicted octanol–water partition coefficient (Wildman–Crippen LogP) is 1.71. The Labute approximate surface area is 155 Å². The van der Waals surface area contributed by atoms with E-state index < -0.39 is 0 Å². The summed E-state index contributed by atoms with van der Waals surface area (Å²) in [6.07, 6.45) is 0.733. The van der Waals surface area contributed by atoms with Crippen LogP contribution >= 0.6 is 0 Å². The van der Waals surface area contributed by atoms with Gasteiger partial charge in [-0.25, -0.2) is 9.67 Å². The standard InChI is InChI=1S/C20H19N5O2/c1-25-20(27)14-7-3-2-6-13(14)17(24-25)12-19(26)21-11-10-18-22-15-8-4-5-9-16(15)23-18/h2-9H,10-12H2,1H3,(H,21,26)(H,22,23). The van der Waals surface area contributed by atoms with Crippen molar-refractivity contribution in [3.63, 3.8) is 0 Å². The number of nitrogens with zero attached hydrogens (tertiary/aromatic N) is 3. The van der Waals surface area contributed by atoms with Gasteiger partial charge >= 0.3 is 0 Å². The van der Waals surface area contributed by atoms with Gasteiger partial charge in [0.1, 0.15) is 5.82 Å². The number of nitrogens with one attached hydrogen (secondary N) is 2. The summed E-state index contributed by atoms with van der Waals surface area (Å²) in [7, 11) is 1.59. The van der Waals surface area contributed by atoms with Crippen molar-refractivity contribution in [1.82, 2.24) is 25.1 Å². The second-order valence-electron chi connectivity index (χ2n) is 6.40. The van der Waals surface area contributed by atoms with Crippen molar-refractivity contribution in [1.29, 1.82) is 0 Å². The number of para-hydroxylation sites is 2. The fraction of sp³-hybridized carbons (Fsp3) is 0.200. The highest BCUT2D eigenvalue weighted by molar-refractivity contribution is 5.88. The van der Waals surface area contributed by atoms with Crippen LogP contribution in [-0.2, 0) is 24.7 Å². The van der Waals surface area contributed by atoms with E-state index in [0.717, 1.165) is 16.9 Å². The summed E-state index contributed by atoms with van der Waals surface area (Å²) in [5, 5.41) is 8.44. The van der Waals surface area contributed by atoms with Gasteiger partial charge in [0.05, 0.1) is 28.5 Å². The number of fused-ring (bicyclic) bond motifs is 2. The van der Waals surface area contributed by atoms with Gasteiger partial charge in [0, 0.05) is 25.4 Å². The van der Waals surface area contributed by atoms with Crippen molar-refractivity contribution in [2.24, 2.45) is 7.05 Å². The number of benzene rings is 2. The van der Waals surface area contributed by atoms with Gasteiger partial charge < -0.3 is 10.3 Å². The van der Waals surface area contributed by atoms with Crippen LogP contribution in [0.4, 0.5) is 0 Å². The lowest BCUT2D eigenvalue weighted by atomic mass is 10.1. The third-order valence-electron chi connectivity index (χ3n) is 4.48. The number of aromatic amines is 1. The van der Waals surface area contributed by atoms with Crippen LogP contribution in [0.25, 0.3) is 21.8 Å². The second kappa shape index (κ2) is 7.03. The van der Waals surface area contributed by atoms with E-state index in [4.69, 9.17) is 0 Å². The van der Waals surface area contributed by atoms with E-state index in [2.05, 4.69) is 20.4 Å². The highest BCUT2D eigenvalue weighted by Gasteiger charge is 2.12. The molecular weight excluding hydrogens is 342 g/mol. The zero-order chi connectivity index (χ0) is 18.8. The molecular formula is C20H19N5O2. The maximum absolute atomic E-state index is 12.3. The first-order chi connectivity index (χ1) is 13.1. The number of hydrogen-bond donors (Lipinski definition) is 2. The van der Waals surface area contributed by atoms with Crippen LogP contribution in [-0.4, -0.2) is 32.2 Å². The van der Waals surface area contributed by atoms with Crippen LogP contribution < -0.4 is 10.9 Å². The Morgan fingerprint density at radius 2 is 1.85 bits per heavy atom. The molecule has 27 heavy (non-hydrogen) atoms. The lowest BCUT2D eigenvalue weighted by Crippen LogP contribution is -2.29. The molecule has 0 atom stereocenters. The molecule has 4 aromatic rings. The fourth-order valence-corrected chi connectivity index (χ4v) is 3.17. The first-order valence-corrected chi connectivity index (χ1v) is 8.77. The number of H-pyrrole nitrogens is 1. The molecule has 0 radical (unpaired) electrons. The number of imidazole rings is 1. The molecule has 0 aliphatic heterocycles. The smallest absolute Gasteiger partial charge is 0.274 e. The summed E-state index contributed by atoms with van der Waals surface area (Å²) < 4.78 is 1.28. The van der Waals surface area contributed by atoms with Crippen LogP contribution in [0.1, 0.15) is 11.5 Å². The molecule has 2 N–H and O–H groups in total. The van der Waals surface area contributed by atoms with Crippen molar-refractivity contribution in [2.45, 2.75) is 12.8 Å². The van der Waals surface area contributed by atoms with Crippen molar-refractivity contribution in [3.8, 4) is 0 Å². The number of aromatic nitrogens is 4. The van der Waals surface area contributed by atoms with E-state index in [9.17, 15) is 9.59 Å². The maximum atomic E-state index is 12.3. The van der Waals surface area contributed by atoms with Gasteiger partial charge in [0.15, 0.2) is 0 Å². The van der Waals surface area contributed by atoms with E-state index in [1.54, 1.807) is 19.2 Å². The van der Waals surface area contributed by atoms with Gasteiger partial charge in [0.25, 0.3) is 5.56 Å². The summed E-state index contributed by atoms with van der Waals surface area (Å²) in [5.41, 5.74) is 2.33. The lowest BCUT2D eigenvalue weighted by Gasteiger charge is -2.08. The zero-order valence-electron chi connectivity index (χ0n) is 14.9. The minimum atomic E-state index is -0.167. The number of amides is 1. The molecule has 136 valence electrons. The largest absolute Gasteiger partial charge is 0.355 e. The van der Waals surface area contributed by atoms with Crippen LogP contribution in [0.2, 0.25) is 0 Å². The molecule has 7 nitrogen and oxygen atoms in total. The van der Waals surface area contributed by atoms with Crippen LogP contribution in [0, 0.1) is 0 Å². The third kappa shape index (κ3) is 3.44. The number of carbonyl (C=O) groups excluding carboxylic acids is 1. The van der Waals surface area contributed by atoms with Gasteiger partial charge in [-0.15, -0.1) is 0 Å². The Morgan fingerprint density at radius 1 is 1.11 bits per heavy atom. The summed E-state index contributed by atoms with van der Waals surface area (Å²) in [4.78, 5) is 32.2. The number of aryl methyl sites for hydroxylation is 1. The monoisotopic (exact) mass is 361 g/mol. The topological polar surface area (TPSA) is 92.7 Å². The summed E-state index contributed by atoms with van der Waals surface area (Å²) in [6, 6.07) is 15.0. The minimum Gasteiger partial charge on any atom is -0.355 e. The van der Waals surface area contributed by atoms with E-state index in [-0.39, 0.29) is 17.9 Å². The molecule has 0 unspecified atom stereocenters. The Kier molecular flexibility index (Phi) is 4.42. The Hall–Kier alpha value is -3.48. The molecule has 1 amide bonds. The van der Waals surface area contributed by atoms with Crippen molar-refractivity contribution >= 4 is 27.7 Å². The third-order valence-corrected chi connectivity index (χ3v) is 4.48. The first kappa shape index (κ1) is 17.0. The van der Waals surface area contributed by atoms with E-state index in [1.165, 1.54) is 4.68 Å². The van der Waals surface area contributed by atoms with Gasteiger partial charge in [-0.1, -0.05) is 30.3 Å². The molecule has 2 heterocycles. The quantitative estimate of drug-likeness (QED) is 0.566. The Bertz CT molecular complexity index is 1160. The molecule has 0 bridgehead atoms. The van der Waals surface area contributed by atoms with Gasteiger partial charge in [-0.2, -0.15) is 5.10 Å². The fourth-order valence-electron chi connectivity index (χ4n) is 3.17. The minimum absolute atomic E-state index is 0.120. The molecule has 0 saturated heterocycles. The van der Waals surface area contributed by atoms with Crippen molar-refractivity contribution < 1.29 is 4.79 Å². The Balaban J connectivity index is 1.43. The van der Waals surface area contributed by atoms with Gasteiger partial charge in [-0.05, 0) is 18.2 Å². The average molecular weight is 361 g/mol. The second-order valence-corrected chi connectivity index (χ2v) is 6.40. The highest BCUT2D eigenvalue weighted by Crippen LogP contribution is 2.13. The van der Waals surface area contributed by atoms with E-state index in [0.29, 0.717) is 29.4 Å². The highest BCUT2D eigenvalue weighted by atomic mass is 16.1. The summed E-state index contributed by atoms with van der Waals surface area (Å²) >= 11 is 0. The number of rotatable bonds is 5. The SMILES string of the molecule is Cn1nc(CC(=O)NCCc2nc3ccccc3[nH]2)c2ccccc2c1=O. The predicted molar refractivity (Wildman–Crippen MR) is 103 cm³/mol.